The SMILES string of the molecule is C[C@H](O)CNC(=O)Nc1ccc(OC(F)(F)F)cc1. The fourth-order valence-corrected chi connectivity index (χ4v) is 1.16. The summed E-state index contributed by atoms with van der Waals surface area (Å²) in [5, 5.41) is 13.7. The molecular formula is C11H13F3N2O3. The third kappa shape index (κ3) is 6.51. The minimum absolute atomic E-state index is 0.0705. The van der Waals surface area contributed by atoms with Crippen LogP contribution in [0.25, 0.3) is 0 Å². The fraction of sp³-hybridized carbons (Fsp3) is 0.364. The number of nitrogens with one attached hydrogen (secondary N) is 2. The first-order chi connectivity index (χ1) is 8.76. The number of hydrogen-bond donors (Lipinski definition) is 3. The first-order valence-corrected chi connectivity index (χ1v) is 5.35. The van der Waals surface area contributed by atoms with E-state index in [1.807, 2.05) is 0 Å². The minimum atomic E-state index is -4.75. The maximum Gasteiger partial charge on any atom is 0.573 e. The van der Waals surface area contributed by atoms with E-state index in [2.05, 4.69) is 15.4 Å². The molecule has 1 aromatic rings. The molecule has 2 amide bonds. The van der Waals surface area contributed by atoms with Crippen molar-refractivity contribution in [1.29, 1.82) is 0 Å². The zero-order chi connectivity index (χ0) is 14.5. The van der Waals surface area contributed by atoms with E-state index < -0.39 is 18.5 Å². The number of carbonyl (C=O) groups excluding carboxylic acids is 1. The molecule has 0 saturated heterocycles. The van der Waals surface area contributed by atoms with Crippen LogP contribution in [-0.4, -0.2) is 30.1 Å². The molecular weight excluding hydrogens is 265 g/mol. The molecule has 1 rings (SSSR count). The number of urea groups is 1. The van der Waals surface area contributed by atoms with Gasteiger partial charge in [0.1, 0.15) is 5.75 Å². The summed E-state index contributed by atoms with van der Waals surface area (Å²) in [5.74, 6) is -0.373. The van der Waals surface area contributed by atoms with Crippen molar-refractivity contribution in [1.82, 2.24) is 5.32 Å². The zero-order valence-corrected chi connectivity index (χ0v) is 9.99. The van der Waals surface area contributed by atoms with Gasteiger partial charge < -0.3 is 20.5 Å². The number of benzene rings is 1. The average Bonchev–Trinajstić information content (AvgIpc) is 2.27. The van der Waals surface area contributed by atoms with Crippen LogP contribution in [-0.2, 0) is 0 Å². The number of ether oxygens (including phenoxy) is 1. The smallest absolute Gasteiger partial charge is 0.406 e. The second-order valence-electron chi connectivity index (χ2n) is 3.76. The number of alkyl halides is 3. The van der Waals surface area contributed by atoms with Gasteiger partial charge in [0.15, 0.2) is 0 Å². The van der Waals surface area contributed by atoms with Crippen molar-refractivity contribution in [3.8, 4) is 5.75 Å². The van der Waals surface area contributed by atoms with Gasteiger partial charge in [-0.3, -0.25) is 0 Å². The van der Waals surface area contributed by atoms with Crippen molar-refractivity contribution in [3.05, 3.63) is 24.3 Å². The molecule has 0 spiro atoms. The van der Waals surface area contributed by atoms with Crippen molar-refractivity contribution in [2.45, 2.75) is 19.4 Å². The van der Waals surface area contributed by atoms with Gasteiger partial charge in [0, 0.05) is 12.2 Å². The van der Waals surface area contributed by atoms with Gasteiger partial charge in [0.2, 0.25) is 0 Å². The molecule has 0 aromatic heterocycles. The average molecular weight is 278 g/mol. The third-order valence-electron chi connectivity index (χ3n) is 1.90. The van der Waals surface area contributed by atoms with Crippen molar-refractivity contribution >= 4 is 11.7 Å². The Morgan fingerprint density at radius 1 is 1.37 bits per heavy atom. The topological polar surface area (TPSA) is 70.6 Å². The number of amides is 2. The highest BCUT2D eigenvalue weighted by atomic mass is 19.4. The largest absolute Gasteiger partial charge is 0.573 e. The highest BCUT2D eigenvalue weighted by Gasteiger charge is 2.30. The predicted octanol–water partition coefficient (Wildman–Crippen LogP) is 2.09. The molecule has 8 heteroatoms. The Hall–Kier alpha value is -1.96. The van der Waals surface area contributed by atoms with E-state index in [4.69, 9.17) is 5.11 Å². The van der Waals surface area contributed by atoms with Crippen LogP contribution in [0.4, 0.5) is 23.7 Å². The van der Waals surface area contributed by atoms with Gasteiger partial charge >= 0.3 is 12.4 Å². The van der Waals surface area contributed by atoms with E-state index in [1.165, 1.54) is 19.1 Å². The lowest BCUT2D eigenvalue weighted by atomic mass is 10.3. The summed E-state index contributed by atoms with van der Waals surface area (Å²) in [6.45, 7) is 1.57. The van der Waals surface area contributed by atoms with Crippen LogP contribution in [0, 0.1) is 0 Å². The lowest BCUT2D eigenvalue weighted by Crippen LogP contribution is -2.34. The quantitative estimate of drug-likeness (QED) is 0.789. The molecule has 1 aromatic carbocycles. The summed E-state index contributed by atoms with van der Waals surface area (Å²) in [5.41, 5.74) is 0.303. The fourth-order valence-electron chi connectivity index (χ4n) is 1.16. The summed E-state index contributed by atoms with van der Waals surface area (Å²) >= 11 is 0. The lowest BCUT2D eigenvalue weighted by molar-refractivity contribution is -0.274. The summed E-state index contributed by atoms with van der Waals surface area (Å²) in [7, 11) is 0. The van der Waals surface area contributed by atoms with Gasteiger partial charge in [-0.25, -0.2) is 4.79 Å². The molecule has 3 N–H and O–H groups in total. The van der Waals surface area contributed by atoms with E-state index >= 15 is 0 Å². The Bertz CT molecular complexity index is 418. The van der Waals surface area contributed by atoms with E-state index in [0.717, 1.165) is 12.1 Å². The molecule has 106 valence electrons. The van der Waals surface area contributed by atoms with Crippen molar-refractivity contribution < 1.29 is 27.8 Å². The minimum Gasteiger partial charge on any atom is -0.406 e. The molecule has 0 unspecified atom stereocenters. The van der Waals surface area contributed by atoms with Gasteiger partial charge in [0.25, 0.3) is 0 Å². The molecule has 0 aliphatic carbocycles. The van der Waals surface area contributed by atoms with E-state index in [9.17, 15) is 18.0 Å². The Morgan fingerprint density at radius 2 is 1.95 bits per heavy atom. The molecule has 1 atom stereocenters. The molecule has 0 aliphatic rings. The number of halogens is 3. The second-order valence-corrected chi connectivity index (χ2v) is 3.76. The predicted molar refractivity (Wildman–Crippen MR) is 61.8 cm³/mol. The Labute approximate surface area is 107 Å². The first kappa shape index (κ1) is 15.1. The van der Waals surface area contributed by atoms with Gasteiger partial charge in [-0.1, -0.05) is 0 Å². The van der Waals surface area contributed by atoms with E-state index in [1.54, 1.807) is 0 Å². The standard InChI is InChI=1S/C11H13F3N2O3/c1-7(17)6-15-10(18)16-8-2-4-9(5-3-8)19-11(12,13)14/h2-5,7,17H,6H2,1H3,(H2,15,16,18)/t7-/m0/s1. The molecule has 5 nitrogen and oxygen atoms in total. The number of rotatable bonds is 4. The third-order valence-corrected chi connectivity index (χ3v) is 1.90. The van der Waals surface area contributed by atoms with Crippen LogP contribution >= 0.6 is 0 Å². The summed E-state index contributed by atoms with van der Waals surface area (Å²) in [4.78, 5) is 11.3. The van der Waals surface area contributed by atoms with E-state index in [-0.39, 0.29) is 12.3 Å². The van der Waals surface area contributed by atoms with Gasteiger partial charge in [-0.05, 0) is 31.2 Å². The van der Waals surface area contributed by atoms with Crippen LogP contribution in [0.3, 0.4) is 0 Å². The summed E-state index contributed by atoms with van der Waals surface area (Å²) in [6, 6.07) is 4.13. The maximum atomic E-state index is 11.9. The second kappa shape index (κ2) is 6.28. The summed E-state index contributed by atoms with van der Waals surface area (Å²) in [6.07, 6.45) is -5.43. The Morgan fingerprint density at radius 3 is 2.42 bits per heavy atom. The molecule has 0 saturated carbocycles. The highest BCUT2D eigenvalue weighted by Crippen LogP contribution is 2.23. The molecule has 0 radical (unpaired) electrons. The number of hydrogen-bond acceptors (Lipinski definition) is 3. The number of aliphatic hydroxyl groups excluding tert-OH is 1. The molecule has 0 bridgehead atoms. The lowest BCUT2D eigenvalue weighted by Gasteiger charge is -2.11. The number of carbonyl (C=O) groups is 1. The molecule has 0 heterocycles. The molecule has 19 heavy (non-hydrogen) atoms. The maximum absolute atomic E-state index is 11.9. The summed E-state index contributed by atoms with van der Waals surface area (Å²) < 4.78 is 39.4. The van der Waals surface area contributed by atoms with Crippen LogP contribution in [0.15, 0.2) is 24.3 Å². The number of aliphatic hydroxyl groups is 1. The number of anilines is 1. The van der Waals surface area contributed by atoms with Crippen LogP contribution in [0.1, 0.15) is 6.92 Å². The van der Waals surface area contributed by atoms with Crippen LogP contribution in [0.2, 0.25) is 0 Å². The Balaban J connectivity index is 2.50. The van der Waals surface area contributed by atoms with E-state index in [0.29, 0.717) is 5.69 Å². The molecule has 0 aliphatic heterocycles. The van der Waals surface area contributed by atoms with Gasteiger partial charge in [0.05, 0.1) is 6.10 Å². The van der Waals surface area contributed by atoms with Gasteiger partial charge in [-0.15, -0.1) is 13.2 Å². The Kier molecular flexibility index (Phi) is 4.99. The first-order valence-electron chi connectivity index (χ1n) is 5.35. The normalized spacial score (nSPS) is 12.7. The van der Waals surface area contributed by atoms with Crippen LogP contribution < -0.4 is 15.4 Å². The van der Waals surface area contributed by atoms with Crippen molar-refractivity contribution in [3.63, 3.8) is 0 Å². The zero-order valence-electron chi connectivity index (χ0n) is 9.99. The van der Waals surface area contributed by atoms with Crippen molar-refractivity contribution in [2.24, 2.45) is 0 Å². The highest BCUT2D eigenvalue weighted by molar-refractivity contribution is 5.89. The van der Waals surface area contributed by atoms with Gasteiger partial charge in [-0.2, -0.15) is 0 Å². The van der Waals surface area contributed by atoms with Crippen LogP contribution in [0.5, 0.6) is 5.75 Å². The monoisotopic (exact) mass is 278 g/mol. The van der Waals surface area contributed by atoms with Crippen molar-refractivity contribution in [2.75, 3.05) is 11.9 Å². The molecule has 0 fully saturated rings.